The summed E-state index contributed by atoms with van der Waals surface area (Å²) in [7, 11) is 5.46. The number of hydrogen-bond acceptors (Lipinski definition) is 5. The van der Waals surface area contributed by atoms with E-state index in [0.717, 1.165) is 12.1 Å². The van der Waals surface area contributed by atoms with E-state index < -0.39 is 17.7 Å². The van der Waals surface area contributed by atoms with Crippen LogP contribution in [0.2, 0.25) is 5.02 Å². The Morgan fingerprint density at radius 1 is 1.10 bits per heavy atom. The molecule has 7 heteroatoms. The Balaban J connectivity index is 2.06. The number of benzene rings is 2. The number of aliphatic hydroxyl groups excluding tert-OH is 1. The van der Waals surface area contributed by atoms with E-state index in [1.807, 2.05) is 19.0 Å². The van der Waals surface area contributed by atoms with Gasteiger partial charge in [-0.25, -0.2) is 0 Å². The van der Waals surface area contributed by atoms with Gasteiger partial charge in [0.15, 0.2) is 0 Å². The van der Waals surface area contributed by atoms with Crippen LogP contribution in [0.5, 0.6) is 5.75 Å². The van der Waals surface area contributed by atoms with Crippen molar-refractivity contribution >= 4 is 29.1 Å². The molecule has 3 rings (SSSR count). The molecule has 6 nitrogen and oxygen atoms in total. The fraction of sp³-hybridized carbons (Fsp3) is 0.304. The molecule has 1 amide bonds. The zero-order valence-corrected chi connectivity index (χ0v) is 18.0. The average molecular weight is 429 g/mol. The van der Waals surface area contributed by atoms with E-state index in [1.54, 1.807) is 55.6 Å². The first-order valence-corrected chi connectivity index (χ1v) is 10.0. The highest BCUT2D eigenvalue weighted by Gasteiger charge is 2.45. The van der Waals surface area contributed by atoms with E-state index in [4.69, 9.17) is 16.3 Å². The maximum atomic E-state index is 12.9. The first-order valence-electron chi connectivity index (χ1n) is 9.66. The van der Waals surface area contributed by atoms with Gasteiger partial charge in [-0.05, 0) is 69.0 Å². The third-order valence-corrected chi connectivity index (χ3v) is 5.35. The number of ketones is 1. The average Bonchev–Trinajstić information content (AvgIpc) is 2.98. The molecule has 0 aliphatic carbocycles. The second-order valence-corrected chi connectivity index (χ2v) is 7.87. The lowest BCUT2D eigenvalue weighted by Crippen LogP contribution is -2.32. The fourth-order valence-electron chi connectivity index (χ4n) is 3.56. The molecule has 0 saturated carbocycles. The SMILES string of the molecule is COc1ccc(C(O)=C2C(=O)C(=O)N(CCCN(C)C)[C@H]2c2ccc(Cl)cc2)cc1. The molecule has 1 heterocycles. The molecule has 1 N–H and O–H groups in total. The number of methoxy groups -OCH3 is 1. The van der Waals surface area contributed by atoms with Crippen LogP contribution < -0.4 is 4.74 Å². The van der Waals surface area contributed by atoms with Gasteiger partial charge in [-0.15, -0.1) is 0 Å². The van der Waals surface area contributed by atoms with Crippen molar-refractivity contribution in [1.82, 2.24) is 9.80 Å². The second kappa shape index (κ2) is 9.32. The van der Waals surface area contributed by atoms with Gasteiger partial charge in [0.05, 0.1) is 18.7 Å². The van der Waals surface area contributed by atoms with Gasteiger partial charge in [-0.3, -0.25) is 9.59 Å². The van der Waals surface area contributed by atoms with Crippen molar-refractivity contribution < 1.29 is 19.4 Å². The van der Waals surface area contributed by atoms with E-state index in [-0.39, 0.29) is 11.3 Å². The van der Waals surface area contributed by atoms with Gasteiger partial charge in [0.1, 0.15) is 11.5 Å². The summed E-state index contributed by atoms with van der Waals surface area (Å²) in [5.41, 5.74) is 1.25. The Hall–Kier alpha value is -2.83. The zero-order valence-electron chi connectivity index (χ0n) is 17.3. The molecule has 30 heavy (non-hydrogen) atoms. The van der Waals surface area contributed by atoms with Crippen LogP contribution in [0.3, 0.4) is 0 Å². The number of Topliss-reactive ketones (excluding diaryl/α,β-unsaturated/α-hetero) is 1. The molecule has 0 bridgehead atoms. The molecule has 1 saturated heterocycles. The van der Waals surface area contributed by atoms with E-state index in [1.165, 1.54) is 4.90 Å². The second-order valence-electron chi connectivity index (χ2n) is 7.43. The van der Waals surface area contributed by atoms with Crippen LogP contribution in [0.15, 0.2) is 54.1 Å². The quantitative estimate of drug-likeness (QED) is 0.413. The molecule has 0 unspecified atom stereocenters. The molecule has 0 aromatic heterocycles. The van der Waals surface area contributed by atoms with Gasteiger partial charge in [-0.2, -0.15) is 0 Å². The monoisotopic (exact) mass is 428 g/mol. The summed E-state index contributed by atoms with van der Waals surface area (Å²) in [6.45, 7) is 1.17. The van der Waals surface area contributed by atoms with Crippen LogP contribution >= 0.6 is 11.6 Å². The van der Waals surface area contributed by atoms with Gasteiger partial charge in [-0.1, -0.05) is 23.7 Å². The molecule has 1 aliphatic rings. The van der Waals surface area contributed by atoms with Crippen molar-refractivity contribution in [3.63, 3.8) is 0 Å². The molecule has 1 fully saturated rings. The maximum Gasteiger partial charge on any atom is 0.295 e. The van der Waals surface area contributed by atoms with Crippen LogP contribution in [0.25, 0.3) is 5.76 Å². The van der Waals surface area contributed by atoms with E-state index >= 15 is 0 Å². The first kappa shape index (κ1) is 21.9. The van der Waals surface area contributed by atoms with Crippen LogP contribution in [0, 0.1) is 0 Å². The molecule has 0 spiro atoms. The molecule has 1 aliphatic heterocycles. The minimum absolute atomic E-state index is 0.0809. The van der Waals surface area contributed by atoms with E-state index in [9.17, 15) is 14.7 Å². The Labute approximate surface area is 181 Å². The molecular weight excluding hydrogens is 404 g/mol. The van der Waals surface area contributed by atoms with Gasteiger partial charge < -0.3 is 19.6 Å². The summed E-state index contributed by atoms with van der Waals surface area (Å²) < 4.78 is 5.15. The number of ether oxygens (including phenoxy) is 1. The molecular formula is C23H25ClN2O4. The van der Waals surface area contributed by atoms with Crippen molar-refractivity contribution in [3.05, 3.63) is 70.3 Å². The number of carbonyl (C=O) groups is 2. The normalized spacial score (nSPS) is 18.3. The van der Waals surface area contributed by atoms with E-state index in [0.29, 0.717) is 29.3 Å². The molecule has 2 aromatic rings. The van der Waals surface area contributed by atoms with Gasteiger partial charge in [0.2, 0.25) is 0 Å². The first-order chi connectivity index (χ1) is 14.3. The zero-order chi connectivity index (χ0) is 21.8. The summed E-state index contributed by atoms with van der Waals surface area (Å²) in [6.07, 6.45) is 0.701. The Kier molecular flexibility index (Phi) is 6.80. The highest BCUT2D eigenvalue weighted by molar-refractivity contribution is 6.46. The Morgan fingerprint density at radius 3 is 2.30 bits per heavy atom. The summed E-state index contributed by atoms with van der Waals surface area (Å²) in [5.74, 6) is -0.868. The number of nitrogens with zero attached hydrogens (tertiary/aromatic N) is 2. The van der Waals surface area contributed by atoms with Gasteiger partial charge in [0.25, 0.3) is 11.7 Å². The summed E-state index contributed by atoms with van der Waals surface area (Å²) >= 11 is 6.03. The predicted octanol–water partition coefficient (Wildman–Crippen LogP) is 3.72. The topological polar surface area (TPSA) is 70.1 Å². The van der Waals surface area contributed by atoms with Crippen molar-refractivity contribution in [3.8, 4) is 5.75 Å². The van der Waals surface area contributed by atoms with Crippen LogP contribution in [-0.4, -0.2) is 60.9 Å². The summed E-state index contributed by atoms with van der Waals surface area (Å²) in [6, 6.07) is 13.0. The smallest absolute Gasteiger partial charge is 0.295 e. The maximum absolute atomic E-state index is 12.9. The lowest BCUT2D eigenvalue weighted by atomic mass is 9.95. The summed E-state index contributed by atoms with van der Waals surface area (Å²) in [4.78, 5) is 29.3. The number of amides is 1. The van der Waals surface area contributed by atoms with Crippen molar-refractivity contribution in [2.45, 2.75) is 12.5 Å². The number of carbonyl (C=O) groups excluding carboxylic acids is 2. The Morgan fingerprint density at radius 2 is 1.73 bits per heavy atom. The van der Waals surface area contributed by atoms with Crippen molar-refractivity contribution in [2.75, 3.05) is 34.3 Å². The van der Waals surface area contributed by atoms with Gasteiger partial charge in [0, 0.05) is 17.1 Å². The van der Waals surface area contributed by atoms with Gasteiger partial charge >= 0.3 is 0 Å². The number of likely N-dealkylation sites (tertiary alicyclic amines) is 1. The van der Waals surface area contributed by atoms with E-state index in [2.05, 4.69) is 0 Å². The van der Waals surface area contributed by atoms with Crippen LogP contribution in [0.4, 0.5) is 0 Å². The lowest BCUT2D eigenvalue weighted by molar-refractivity contribution is -0.139. The largest absolute Gasteiger partial charge is 0.507 e. The number of halogens is 1. The number of rotatable bonds is 7. The minimum Gasteiger partial charge on any atom is -0.507 e. The molecule has 1 atom stereocenters. The highest BCUT2D eigenvalue weighted by Crippen LogP contribution is 2.39. The van der Waals surface area contributed by atoms with Crippen molar-refractivity contribution in [1.29, 1.82) is 0 Å². The third kappa shape index (κ3) is 4.50. The Bertz CT molecular complexity index is 952. The number of hydrogen-bond donors (Lipinski definition) is 1. The highest BCUT2D eigenvalue weighted by atomic mass is 35.5. The van der Waals surface area contributed by atoms with Crippen LogP contribution in [0.1, 0.15) is 23.6 Å². The minimum atomic E-state index is -0.687. The molecule has 2 aromatic carbocycles. The molecule has 0 radical (unpaired) electrons. The molecule has 158 valence electrons. The summed E-state index contributed by atoms with van der Waals surface area (Å²) in [5, 5.41) is 11.5. The standard InChI is InChI=1S/C23H25ClN2O4/c1-25(2)13-4-14-26-20(15-5-9-17(24)10-6-15)19(22(28)23(26)29)21(27)16-7-11-18(30-3)12-8-16/h5-12,20,27H,4,13-14H2,1-3H3/t20-/m0/s1. The fourth-order valence-corrected chi connectivity index (χ4v) is 3.69. The van der Waals surface area contributed by atoms with Crippen molar-refractivity contribution in [2.24, 2.45) is 0 Å². The third-order valence-electron chi connectivity index (χ3n) is 5.09. The number of aliphatic hydroxyl groups is 1. The lowest BCUT2D eigenvalue weighted by Gasteiger charge is -2.26. The van der Waals surface area contributed by atoms with Crippen LogP contribution in [-0.2, 0) is 9.59 Å². The predicted molar refractivity (Wildman–Crippen MR) is 117 cm³/mol.